The van der Waals surface area contributed by atoms with Gasteiger partial charge in [0, 0.05) is 50.2 Å². The molecule has 2 N–H and O–H groups in total. The highest BCUT2D eigenvalue weighted by Gasteiger charge is 2.21. The van der Waals surface area contributed by atoms with Crippen molar-refractivity contribution in [3.05, 3.63) is 53.3 Å². The summed E-state index contributed by atoms with van der Waals surface area (Å²) in [6.07, 6.45) is 2.00. The van der Waals surface area contributed by atoms with E-state index in [0.717, 1.165) is 56.3 Å². The van der Waals surface area contributed by atoms with E-state index in [1.807, 2.05) is 18.3 Å². The zero-order chi connectivity index (χ0) is 19.0. The van der Waals surface area contributed by atoms with Crippen molar-refractivity contribution in [1.82, 2.24) is 19.2 Å². The fourth-order valence-corrected chi connectivity index (χ4v) is 3.86. The lowest BCUT2D eigenvalue weighted by molar-refractivity contribution is 0.131. The summed E-state index contributed by atoms with van der Waals surface area (Å²) in [6.45, 7) is 13.0. The van der Waals surface area contributed by atoms with Crippen LogP contribution in [-0.4, -0.2) is 51.9 Å². The molecule has 0 spiro atoms. The highest BCUT2D eigenvalue weighted by molar-refractivity contribution is 5.68. The normalized spacial score (nSPS) is 16.3. The molecule has 5 heteroatoms. The first-order valence-corrected chi connectivity index (χ1v) is 9.84. The van der Waals surface area contributed by atoms with E-state index in [1.54, 1.807) is 0 Å². The van der Waals surface area contributed by atoms with Crippen LogP contribution in [0.15, 0.2) is 36.5 Å². The predicted octanol–water partition coefficient (Wildman–Crippen LogP) is 3.34. The number of hydrogen-bond acceptors (Lipinski definition) is 4. The summed E-state index contributed by atoms with van der Waals surface area (Å²) in [6, 6.07) is 10.6. The lowest BCUT2D eigenvalue weighted by Crippen LogP contribution is -2.45. The first-order chi connectivity index (χ1) is 13.0. The largest absolute Gasteiger partial charge is 0.398 e. The molecule has 0 unspecified atom stereocenters. The number of aromatic nitrogens is 2. The zero-order valence-electron chi connectivity index (χ0n) is 16.6. The molecule has 0 amide bonds. The number of imidazole rings is 1. The molecule has 0 bridgehead atoms. The molecule has 27 heavy (non-hydrogen) atoms. The van der Waals surface area contributed by atoms with Crippen LogP contribution in [-0.2, 0) is 6.54 Å². The minimum absolute atomic E-state index is 0.767. The molecule has 1 saturated heterocycles. The molecule has 0 radical (unpaired) electrons. The highest BCUT2D eigenvalue weighted by Crippen LogP contribution is 2.28. The minimum atomic E-state index is 0.767. The van der Waals surface area contributed by atoms with Crippen molar-refractivity contribution in [2.75, 3.05) is 38.5 Å². The molecular formula is C22H29N5. The maximum atomic E-state index is 6.09. The molecule has 1 aliphatic rings. The van der Waals surface area contributed by atoms with Crippen molar-refractivity contribution in [1.29, 1.82) is 0 Å². The number of nitrogens with two attached hydrogens (primary N) is 1. The minimum Gasteiger partial charge on any atom is -0.398 e. The predicted molar refractivity (Wildman–Crippen MR) is 112 cm³/mol. The van der Waals surface area contributed by atoms with Crippen molar-refractivity contribution in [2.45, 2.75) is 27.3 Å². The monoisotopic (exact) mass is 363 g/mol. The van der Waals surface area contributed by atoms with Gasteiger partial charge in [0.1, 0.15) is 5.65 Å². The summed E-state index contributed by atoms with van der Waals surface area (Å²) in [5, 5.41) is 0. The fraction of sp³-hybridized carbons (Fsp3) is 0.409. The Balaban J connectivity index is 1.74. The molecule has 3 heterocycles. The Hall–Kier alpha value is -2.37. The van der Waals surface area contributed by atoms with Gasteiger partial charge in [0.15, 0.2) is 0 Å². The molecule has 5 nitrogen and oxygen atoms in total. The first kappa shape index (κ1) is 18.0. The maximum absolute atomic E-state index is 6.09. The molecule has 1 fully saturated rings. The summed E-state index contributed by atoms with van der Waals surface area (Å²) in [4.78, 5) is 10.0. The Labute approximate surface area is 161 Å². The molecule has 0 atom stereocenters. The molecule has 2 aromatic heterocycles. The average molecular weight is 364 g/mol. The molecule has 1 aromatic carbocycles. The maximum Gasteiger partial charge on any atom is 0.137 e. The summed E-state index contributed by atoms with van der Waals surface area (Å²) in [7, 11) is 0. The number of benzene rings is 1. The third-order valence-corrected chi connectivity index (χ3v) is 5.81. The van der Waals surface area contributed by atoms with Crippen LogP contribution in [0.2, 0.25) is 0 Å². The van der Waals surface area contributed by atoms with Crippen molar-refractivity contribution >= 4 is 11.3 Å². The standard InChI is InChI=1S/C22H29N5/c1-4-25-9-11-26(12-10-25)15-20-22(18-6-5-16(2)17(3)13-18)24-21-8-7-19(23)14-27(20)21/h5-8,13-14H,4,9-12,15,23H2,1-3H3. The summed E-state index contributed by atoms with van der Waals surface area (Å²) in [5.74, 6) is 0. The molecule has 0 aliphatic carbocycles. The highest BCUT2D eigenvalue weighted by atomic mass is 15.3. The lowest BCUT2D eigenvalue weighted by Gasteiger charge is -2.34. The van der Waals surface area contributed by atoms with Gasteiger partial charge in [-0.1, -0.05) is 19.1 Å². The fourth-order valence-electron chi connectivity index (χ4n) is 3.86. The second-order valence-corrected chi connectivity index (χ2v) is 7.61. The summed E-state index contributed by atoms with van der Waals surface area (Å²) < 4.78 is 2.17. The number of piperazine rings is 1. The van der Waals surface area contributed by atoms with Crippen LogP contribution >= 0.6 is 0 Å². The number of aryl methyl sites for hydroxylation is 2. The average Bonchev–Trinajstić information content (AvgIpc) is 3.02. The van der Waals surface area contributed by atoms with Gasteiger partial charge < -0.3 is 15.0 Å². The van der Waals surface area contributed by atoms with E-state index in [2.05, 4.69) is 53.2 Å². The van der Waals surface area contributed by atoms with E-state index >= 15 is 0 Å². The number of fused-ring (bicyclic) bond motifs is 1. The van der Waals surface area contributed by atoms with Crippen molar-refractivity contribution < 1.29 is 0 Å². The molecule has 142 valence electrons. The van der Waals surface area contributed by atoms with Crippen molar-refractivity contribution in [3.8, 4) is 11.3 Å². The van der Waals surface area contributed by atoms with Crippen LogP contribution in [0.3, 0.4) is 0 Å². The Bertz CT molecular complexity index is 951. The number of rotatable bonds is 4. The third-order valence-electron chi connectivity index (χ3n) is 5.81. The van der Waals surface area contributed by atoms with E-state index in [4.69, 9.17) is 10.7 Å². The van der Waals surface area contributed by atoms with Gasteiger partial charge in [-0.05, 0) is 49.7 Å². The quantitative estimate of drug-likeness (QED) is 0.772. The topological polar surface area (TPSA) is 49.8 Å². The number of nitrogens with zero attached hydrogens (tertiary/aromatic N) is 4. The molecule has 3 aromatic rings. The Morgan fingerprint density at radius 3 is 2.41 bits per heavy atom. The third kappa shape index (κ3) is 3.57. The van der Waals surface area contributed by atoms with Gasteiger partial charge in [0.05, 0.1) is 11.4 Å². The van der Waals surface area contributed by atoms with Crippen molar-refractivity contribution in [3.63, 3.8) is 0 Å². The van der Waals surface area contributed by atoms with Gasteiger partial charge in [-0.25, -0.2) is 4.98 Å². The number of anilines is 1. The van der Waals surface area contributed by atoms with E-state index in [0.29, 0.717) is 0 Å². The van der Waals surface area contributed by atoms with Gasteiger partial charge in [-0.3, -0.25) is 4.90 Å². The first-order valence-electron chi connectivity index (χ1n) is 9.84. The van der Waals surface area contributed by atoms with Crippen LogP contribution in [0.4, 0.5) is 5.69 Å². The second-order valence-electron chi connectivity index (χ2n) is 7.61. The van der Waals surface area contributed by atoms with E-state index in [9.17, 15) is 0 Å². The number of likely N-dealkylation sites (N-methyl/N-ethyl adjacent to an activating group) is 1. The smallest absolute Gasteiger partial charge is 0.137 e. The van der Waals surface area contributed by atoms with E-state index < -0.39 is 0 Å². The molecule has 0 saturated carbocycles. The van der Waals surface area contributed by atoms with Crippen LogP contribution in [0.5, 0.6) is 0 Å². The van der Waals surface area contributed by atoms with Gasteiger partial charge in [0.25, 0.3) is 0 Å². The molecular weight excluding hydrogens is 334 g/mol. The van der Waals surface area contributed by atoms with Crippen LogP contribution in [0, 0.1) is 13.8 Å². The second kappa shape index (κ2) is 7.33. The van der Waals surface area contributed by atoms with Crippen LogP contribution in [0.25, 0.3) is 16.9 Å². The summed E-state index contributed by atoms with van der Waals surface area (Å²) in [5.41, 5.74) is 13.9. The lowest BCUT2D eigenvalue weighted by atomic mass is 10.0. The SMILES string of the molecule is CCN1CCN(Cc2c(-c3ccc(C)c(C)c3)nc3ccc(N)cn23)CC1. The number of nitrogen functional groups attached to an aromatic ring is 1. The van der Waals surface area contributed by atoms with Crippen LogP contribution < -0.4 is 5.73 Å². The molecule has 4 rings (SSSR count). The Kier molecular flexibility index (Phi) is 4.89. The number of hydrogen-bond donors (Lipinski definition) is 1. The van der Waals surface area contributed by atoms with Gasteiger partial charge >= 0.3 is 0 Å². The van der Waals surface area contributed by atoms with Gasteiger partial charge in [0.2, 0.25) is 0 Å². The van der Waals surface area contributed by atoms with Crippen LogP contribution in [0.1, 0.15) is 23.7 Å². The Morgan fingerprint density at radius 2 is 1.70 bits per heavy atom. The number of pyridine rings is 1. The van der Waals surface area contributed by atoms with E-state index in [-0.39, 0.29) is 0 Å². The Morgan fingerprint density at radius 1 is 0.963 bits per heavy atom. The van der Waals surface area contributed by atoms with Gasteiger partial charge in [-0.2, -0.15) is 0 Å². The van der Waals surface area contributed by atoms with E-state index in [1.165, 1.54) is 22.4 Å². The zero-order valence-corrected chi connectivity index (χ0v) is 16.6. The summed E-state index contributed by atoms with van der Waals surface area (Å²) >= 11 is 0. The van der Waals surface area contributed by atoms with Gasteiger partial charge in [-0.15, -0.1) is 0 Å². The molecule has 1 aliphatic heterocycles. The van der Waals surface area contributed by atoms with Crippen molar-refractivity contribution in [2.24, 2.45) is 0 Å².